The molecule has 0 bridgehead atoms. The first-order valence-corrected chi connectivity index (χ1v) is 5.58. The van der Waals surface area contributed by atoms with Crippen LogP contribution in [-0.2, 0) is 0 Å². The van der Waals surface area contributed by atoms with E-state index in [1.54, 1.807) is 17.4 Å². The lowest BCUT2D eigenvalue weighted by molar-refractivity contribution is 0.481. The fourth-order valence-electron chi connectivity index (χ4n) is 1.05. The molecule has 0 saturated carbocycles. The zero-order chi connectivity index (χ0) is 8.72. The highest BCUT2D eigenvalue weighted by Crippen LogP contribution is 2.37. The highest BCUT2D eigenvalue weighted by atomic mass is 127. The van der Waals surface area contributed by atoms with Crippen LogP contribution in [0.25, 0.3) is 10.1 Å². The molecule has 0 amide bonds. The number of benzene rings is 1. The summed E-state index contributed by atoms with van der Waals surface area (Å²) in [6, 6.07) is 3.55. The first kappa shape index (κ1) is 8.59. The summed E-state index contributed by atoms with van der Waals surface area (Å²) >= 11 is 9.69. The molecule has 0 aliphatic heterocycles. The fraction of sp³-hybridized carbons (Fsp3) is 0. The van der Waals surface area contributed by atoms with Crippen LogP contribution in [0.1, 0.15) is 0 Å². The highest BCUT2D eigenvalue weighted by Gasteiger charge is 2.08. The summed E-state index contributed by atoms with van der Waals surface area (Å²) in [6.45, 7) is 0. The lowest BCUT2D eigenvalue weighted by Crippen LogP contribution is -1.74. The molecule has 0 fully saturated rings. The van der Waals surface area contributed by atoms with E-state index in [0.29, 0.717) is 5.75 Å². The molecule has 0 radical (unpaired) electrons. The van der Waals surface area contributed by atoms with Gasteiger partial charge in [-0.15, -0.1) is 11.3 Å². The van der Waals surface area contributed by atoms with Gasteiger partial charge >= 0.3 is 0 Å². The zero-order valence-corrected chi connectivity index (χ0v) is 9.57. The van der Waals surface area contributed by atoms with E-state index in [9.17, 15) is 5.11 Å². The summed E-state index contributed by atoms with van der Waals surface area (Å²) in [7, 11) is 0. The molecule has 0 unspecified atom stereocenters. The molecule has 0 atom stereocenters. The zero-order valence-electron chi connectivity index (χ0n) is 5.84. The SMILES string of the molecule is Oc1cc(I)c(Cl)c2sccc12. The molecule has 0 aliphatic carbocycles. The molecule has 0 saturated heterocycles. The van der Waals surface area contributed by atoms with E-state index in [1.165, 1.54) is 0 Å². The number of fused-ring (bicyclic) bond motifs is 1. The van der Waals surface area contributed by atoms with Crippen molar-refractivity contribution in [3.63, 3.8) is 0 Å². The van der Waals surface area contributed by atoms with E-state index in [4.69, 9.17) is 11.6 Å². The second-order valence-corrected chi connectivity index (χ2v) is 4.81. The Labute approximate surface area is 92.1 Å². The van der Waals surface area contributed by atoms with E-state index < -0.39 is 0 Å². The van der Waals surface area contributed by atoms with Crippen LogP contribution in [0.5, 0.6) is 5.75 Å². The first-order valence-electron chi connectivity index (χ1n) is 3.24. The van der Waals surface area contributed by atoms with Crippen molar-refractivity contribution < 1.29 is 5.11 Å². The van der Waals surface area contributed by atoms with Crippen molar-refractivity contribution in [1.82, 2.24) is 0 Å². The third-order valence-corrected chi connectivity index (χ3v) is 4.22. The molecular formula is C8H4ClIOS. The first-order chi connectivity index (χ1) is 5.70. The van der Waals surface area contributed by atoms with E-state index in [0.717, 1.165) is 18.7 Å². The summed E-state index contributed by atoms with van der Waals surface area (Å²) in [4.78, 5) is 0. The molecule has 12 heavy (non-hydrogen) atoms. The maximum absolute atomic E-state index is 9.51. The Bertz CT molecular complexity index is 438. The average molecular weight is 311 g/mol. The van der Waals surface area contributed by atoms with Gasteiger partial charge in [0.05, 0.1) is 9.72 Å². The molecule has 2 aromatic rings. The van der Waals surface area contributed by atoms with Crippen LogP contribution in [0, 0.1) is 3.57 Å². The van der Waals surface area contributed by atoms with Gasteiger partial charge in [-0.2, -0.15) is 0 Å². The maximum atomic E-state index is 9.51. The van der Waals surface area contributed by atoms with Crippen molar-refractivity contribution >= 4 is 55.6 Å². The summed E-state index contributed by atoms with van der Waals surface area (Å²) in [5.74, 6) is 0.306. The van der Waals surface area contributed by atoms with Gasteiger partial charge in [0.1, 0.15) is 5.75 Å². The van der Waals surface area contributed by atoms with Crippen LogP contribution in [0.4, 0.5) is 0 Å². The maximum Gasteiger partial charge on any atom is 0.125 e. The quantitative estimate of drug-likeness (QED) is 0.733. The Kier molecular flexibility index (Phi) is 2.18. The number of phenolic OH excluding ortho intramolecular Hbond substituents is 1. The largest absolute Gasteiger partial charge is 0.507 e. The second kappa shape index (κ2) is 3.05. The van der Waals surface area contributed by atoms with Gasteiger partial charge in [0.2, 0.25) is 0 Å². The normalized spacial score (nSPS) is 10.8. The van der Waals surface area contributed by atoms with Gasteiger partial charge in [0.25, 0.3) is 0 Å². The summed E-state index contributed by atoms with van der Waals surface area (Å²) in [6.07, 6.45) is 0. The Hall–Kier alpha value is -0.000000000000000111. The minimum atomic E-state index is 0.306. The number of rotatable bonds is 0. The van der Waals surface area contributed by atoms with Crippen LogP contribution in [-0.4, -0.2) is 5.11 Å². The number of hydrogen-bond acceptors (Lipinski definition) is 2. The molecule has 2 rings (SSSR count). The van der Waals surface area contributed by atoms with Gasteiger partial charge in [-0.05, 0) is 40.1 Å². The van der Waals surface area contributed by atoms with E-state index >= 15 is 0 Å². The van der Waals surface area contributed by atoms with Gasteiger partial charge in [0, 0.05) is 8.96 Å². The van der Waals surface area contributed by atoms with Crippen molar-refractivity contribution in [1.29, 1.82) is 0 Å². The van der Waals surface area contributed by atoms with Gasteiger partial charge in [-0.25, -0.2) is 0 Å². The highest BCUT2D eigenvalue weighted by molar-refractivity contribution is 14.1. The molecule has 0 spiro atoms. The third kappa shape index (κ3) is 1.20. The molecule has 1 nitrogen and oxygen atoms in total. The minimum Gasteiger partial charge on any atom is -0.507 e. The summed E-state index contributed by atoms with van der Waals surface area (Å²) in [5.41, 5.74) is 0. The van der Waals surface area contributed by atoms with Crippen molar-refractivity contribution in [2.24, 2.45) is 0 Å². The molecular weight excluding hydrogens is 307 g/mol. The minimum absolute atomic E-state index is 0.306. The molecule has 0 aliphatic rings. The number of phenols is 1. The van der Waals surface area contributed by atoms with Crippen molar-refractivity contribution in [3.8, 4) is 5.75 Å². The Morgan fingerprint density at radius 2 is 2.25 bits per heavy atom. The van der Waals surface area contributed by atoms with Gasteiger partial charge in [0.15, 0.2) is 0 Å². The van der Waals surface area contributed by atoms with E-state index in [-0.39, 0.29) is 0 Å². The second-order valence-electron chi connectivity index (χ2n) is 2.35. The monoisotopic (exact) mass is 310 g/mol. The molecule has 1 aromatic carbocycles. The summed E-state index contributed by atoms with van der Waals surface area (Å²) in [5, 5.41) is 13.0. The van der Waals surface area contributed by atoms with Gasteiger partial charge in [-0.3, -0.25) is 0 Å². The molecule has 1 N–H and O–H groups in total. The number of hydrogen-bond donors (Lipinski definition) is 1. The topological polar surface area (TPSA) is 20.2 Å². The average Bonchev–Trinajstić information content (AvgIpc) is 2.48. The van der Waals surface area contributed by atoms with Crippen LogP contribution in [0.3, 0.4) is 0 Å². The van der Waals surface area contributed by atoms with Crippen molar-refractivity contribution in [2.75, 3.05) is 0 Å². The smallest absolute Gasteiger partial charge is 0.125 e. The molecule has 4 heteroatoms. The van der Waals surface area contributed by atoms with Crippen molar-refractivity contribution in [2.45, 2.75) is 0 Å². The third-order valence-electron chi connectivity index (χ3n) is 1.61. The van der Waals surface area contributed by atoms with Gasteiger partial charge in [-0.1, -0.05) is 11.6 Å². The van der Waals surface area contributed by atoms with Crippen LogP contribution < -0.4 is 0 Å². The number of aromatic hydroxyl groups is 1. The Balaban J connectivity index is 2.97. The van der Waals surface area contributed by atoms with Crippen LogP contribution in [0.15, 0.2) is 17.5 Å². The lowest BCUT2D eigenvalue weighted by atomic mass is 10.2. The molecule has 1 heterocycles. The number of thiophene rings is 1. The fourth-order valence-corrected chi connectivity index (χ4v) is 2.94. The predicted molar refractivity (Wildman–Crippen MR) is 61.2 cm³/mol. The number of halogens is 2. The lowest BCUT2D eigenvalue weighted by Gasteiger charge is -1.99. The summed E-state index contributed by atoms with van der Waals surface area (Å²) < 4.78 is 1.85. The van der Waals surface area contributed by atoms with E-state index in [1.807, 2.05) is 11.4 Å². The van der Waals surface area contributed by atoms with Gasteiger partial charge < -0.3 is 5.11 Å². The van der Waals surface area contributed by atoms with Crippen molar-refractivity contribution in [3.05, 3.63) is 26.1 Å². The standard InChI is InChI=1S/C8H4ClIOS/c9-7-5(10)3-6(11)4-1-2-12-8(4)7/h1-3,11H. The van der Waals surface area contributed by atoms with Crippen LogP contribution >= 0.6 is 45.5 Å². The Morgan fingerprint density at radius 3 is 3.00 bits per heavy atom. The Morgan fingerprint density at radius 1 is 1.50 bits per heavy atom. The molecule has 1 aromatic heterocycles. The van der Waals surface area contributed by atoms with E-state index in [2.05, 4.69) is 22.6 Å². The predicted octanol–water partition coefficient (Wildman–Crippen LogP) is 3.86. The molecule has 62 valence electrons. The van der Waals surface area contributed by atoms with Crippen LogP contribution in [0.2, 0.25) is 5.02 Å².